The van der Waals surface area contributed by atoms with Gasteiger partial charge in [-0.15, -0.1) is 0 Å². The fourth-order valence-electron chi connectivity index (χ4n) is 3.52. The fraction of sp³-hybridized carbons (Fsp3) is 0.391. The number of sulfonamides is 1. The molecule has 0 fully saturated rings. The van der Waals surface area contributed by atoms with E-state index in [4.69, 9.17) is 4.74 Å². The van der Waals surface area contributed by atoms with E-state index in [2.05, 4.69) is 5.32 Å². The van der Waals surface area contributed by atoms with Gasteiger partial charge in [-0.25, -0.2) is 25.9 Å². The number of anilines is 1. The number of rotatable bonds is 6. The Morgan fingerprint density at radius 3 is 2.37 bits per heavy atom. The third kappa shape index (κ3) is 5.49. The first-order valence-corrected chi connectivity index (χ1v) is 13.8. The number of carbonyl (C=O) groups is 2. The van der Waals surface area contributed by atoms with Crippen molar-refractivity contribution < 1.29 is 31.2 Å². The Morgan fingerprint density at radius 2 is 1.74 bits per heavy atom. The summed E-state index contributed by atoms with van der Waals surface area (Å²) in [5, 5.41) is 2.61. The number of ether oxygens (including phenoxy) is 1. The molecule has 2 aromatic rings. The summed E-state index contributed by atoms with van der Waals surface area (Å²) in [6.45, 7) is 5.47. The SMILES string of the molecule is CN(C)S(=O)(=O)c1ccc2c(c1)S(=O)(=O)c1ccccc1C(=O)N2CCCNC(=O)OC(C)(C)C. The van der Waals surface area contributed by atoms with Gasteiger partial charge in [0.15, 0.2) is 0 Å². The lowest BCUT2D eigenvalue weighted by atomic mass is 10.1. The summed E-state index contributed by atoms with van der Waals surface area (Å²) in [4.78, 5) is 25.9. The Labute approximate surface area is 205 Å². The van der Waals surface area contributed by atoms with Gasteiger partial charge >= 0.3 is 6.09 Å². The van der Waals surface area contributed by atoms with E-state index in [1.165, 1.54) is 49.3 Å². The molecule has 0 saturated heterocycles. The molecule has 0 aromatic heterocycles. The van der Waals surface area contributed by atoms with Crippen LogP contribution in [0.5, 0.6) is 0 Å². The number of hydrogen-bond acceptors (Lipinski definition) is 7. The summed E-state index contributed by atoms with van der Waals surface area (Å²) < 4.78 is 58.6. The van der Waals surface area contributed by atoms with Gasteiger partial charge in [-0.05, 0) is 57.5 Å². The van der Waals surface area contributed by atoms with Gasteiger partial charge in [0.05, 0.1) is 25.9 Å². The van der Waals surface area contributed by atoms with E-state index in [-0.39, 0.29) is 39.0 Å². The van der Waals surface area contributed by atoms with Crippen molar-refractivity contribution in [1.82, 2.24) is 9.62 Å². The normalized spacial score (nSPS) is 15.3. The number of fused-ring (bicyclic) bond motifs is 2. The molecule has 12 heteroatoms. The number of alkyl carbamates (subject to hydrolysis) is 1. The van der Waals surface area contributed by atoms with Crippen LogP contribution in [0.25, 0.3) is 0 Å². The van der Waals surface area contributed by atoms with Crippen LogP contribution in [-0.4, -0.2) is 65.9 Å². The smallest absolute Gasteiger partial charge is 0.407 e. The van der Waals surface area contributed by atoms with Crippen molar-refractivity contribution in [2.24, 2.45) is 0 Å². The first-order valence-electron chi connectivity index (χ1n) is 10.9. The van der Waals surface area contributed by atoms with Crippen LogP contribution in [0.2, 0.25) is 0 Å². The highest BCUT2D eigenvalue weighted by Gasteiger charge is 2.36. The summed E-state index contributed by atoms with van der Waals surface area (Å²) in [5.74, 6) is -0.539. The predicted molar refractivity (Wildman–Crippen MR) is 130 cm³/mol. The third-order valence-corrected chi connectivity index (χ3v) is 8.82. The monoisotopic (exact) mass is 523 g/mol. The lowest BCUT2D eigenvalue weighted by molar-refractivity contribution is 0.0527. The number of benzene rings is 2. The Morgan fingerprint density at radius 1 is 1.09 bits per heavy atom. The summed E-state index contributed by atoms with van der Waals surface area (Å²) in [6, 6.07) is 9.50. The second kappa shape index (κ2) is 9.59. The highest BCUT2D eigenvalue weighted by molar-refractivity contribution is 7.92. The van der Waals surface area contributed by atoms with Gasteiger partial charge in [0.1, 0.15) is 5.60 Å². The van der Waals surface area contributed by atoms with E-state index < -0.39 is 37.5 Å². The van der Waals surface area contributed by atoms with Crippen LogP contribution in [0.4, 0.5) is 10.5 Å². The number of hydrogen-bond donors (Lipinski definition) is 1. The van der Waals surface area contributed by atoms with Gasteiger partial charge in [-0.2, -0.15) is 0 Å². The van der Waals surface area contributed by atoms with Crippen molar-refractivity contribution in [3.05, 3.63) is 48.0 Å². The summed E-state index contributed by atoms with van der Waals surface area (Å²) in [5.41, 5.74) is -0.603. The molecule has 0 spiro atoms. The van der Waals surface area contributed by atoms with E-state index in [9.17, 15) is 26.4 Å². The van der Waals surface area contributed by atoms with E-state index in [1.807, 2.05) is 0 Å². The Kier molecular flexibility index (Phi) is 7.30. The number of sulfone groups is 1. The van der Waals surface area contributed by atoms with Crippen molar-refractivity contribution in [3.63, 3.8) is 0 Å². The van der Waals surface area contributed by atoms with Crippen LogP contribution >= 0.6 is 0 Å². The molecule has 0 aliphatic carbocycles. The van der Waals surface area contributed by atoms with Crippen molar-refractivity contribution >= 4 is 37.5 Å². The van der Waals surface area contributed by atoms with Crippen molar-refractivity contribution in [2.45, 2.75) is 47.5 Å². The molecule has 0 unspecified atom stereocenters. The topological polar surface area (TPSA) is 130 Å². The van der Waals surface area contributed by atoms with Crippen molar-refractivity contribution in [3.8, 4) is 0 Å². The molecule has 2 amide bonds. The number of nitrogens with one attached hydrogen (secondary N) is 1. The van der Waals surface area contributed by atoms with E-state index in [0.717, 1.165) is 10.4 Å². The predicted octanol–water partition coefficient (Wildman–Crippen LogP) is 2.64. The quantitative estimate of drug-likeness (QED) is 0.576. The molecule has 0 radical (unpaired) electrons. The maximum absolute atomic E-state index is 13.5. The second-order valence-electron chi connectivity index (χ2n) is 9.16. The average Bonchev–Trinajstić information content (AvgIpc) is 2.83. The number of nitrogens with zero attached hydrogens (tertiary/aromatic N) is 2. The molecule has 2 aromatic carbocycles. The highest BCUT2D eigenvalue weighted by atomic mass is 32.2. The van der Waals surface area contributed by atoms with Gasteiger partial charge in [0.25, 0.3) is 5.91 Å². The van der Waals surface area contributed by atoms with Gasteiger partial charge in [0.2, 0.25) is 19.9 Å². The minimum absolute atomic E-state index is 0.0131. The molecular formula is C23H29N3O7S2. The minimum atomic E-state index is -4.21. The van der Waals surface area contributed by atoms with Gasteiger partial charge in [-0.3, -0.25) is 4.79 Å². The van der Waals surface area contributed by atoms with Gasteiger partial charge < -0.3 is 15.0 Å². The highest BCUT2D eigenvalue weighted by Crippen LogP contribution is 2.38. The van der Waals surface area contributed by atoms with Crippen LogP contribution in [0, 0.1) is 0 Å². The summed E-state index contributed by atoms with van der Waals surface area (Å²) in [7, 11) is -5.44. The third-order valence-electron chi connectivity index (χ3n) is 5.17. The first kappa shape index (κ1) is 26.6. The maximum atomic E-state index is 13.5. The Bertz CT molecular complexity index is 1360. The van der Waals surface area contributed by atoms with Crippen LogP contribution in [0.1, 0.15) is 37.6 Å². The largest absolute Gasteiger partial charge is 0.444 e. The lowest BCUT2D eigenvalue weighted by Crippen LogP contribution is -2.36. The van der Waals surface area contributed by atoms with E-state index in [0.29, 0.717) is 6.42 Å². The van der Waals surface area contributed by atoms with E-state index >= 15 is 0 Å². The van der Waals surface area contributed by atoms with Crippen molar-refractivity contribution in [2.75, 3.05) is 32.1 Å². The zero-order chi connectivity index (χ0) is 26.2. The minimum Gasteiger partial charge on any atom is -0.444 e. The molecule has 0 atom stereocenters. The molecule has 1 N–H and O–H groups in total. The van der Waals surface area contributed by atoms with Crippen LogP contribution in [-0.2, 0) is 24.6 Å². The van der Waals surface area contributed by atoms with Gasteiger partial charge in [-0.1, -0.05) is 12.1 Å². The zero-order valence-electron chi connectivity index (χ0n) is 20.2. The molecule has 1 heterocycles. The molecule has 35 heavy (non-hydrogen) atoms. The fourth-order valence-corrected chi connectivity index (χ4v) is 6.20. The zero-order valence-corrected chi connectivity index (χ0v) is 21.9. The number of carbonyl (C=O) groups excluding carboxylic acids is 2. The molecule has 10 nitrogen and oxygen atoms in total. The standard InChI is InChI=1S/C23H29N3O7S2/c1-23(2,3)33-22(28)24-13-8-14-26-18-12-11-16(35(31,32)25(4)5)15-20(18)34(29,30)19-10-7-6-9-17(19)21(26)27/h6-7,9-12,15H,8,13-14H2,1-5H3,(H,24,28). The van der Waals surface area contributed by atoms with Crippen LogP contribution < -0.4 is 10.2 Å². The molecular weight excluding hydrogens is 494 g/mol. The molecule has 0 saturated carbocycles. The first-order chi connectivity index (χ1) is 16.2. The number of amides is 2. The molecule has 1 aliphatic heterocycles. The molecule has 1 aliphatic rings. The average molecular weight is 524 g/mol. The van der Waals surface area contributed by atoms with Crippen LogP contribution in [0.3, 0.4) is 0 Å². The van der Waals surface area contributed by atoms with Gasteiger partial charge in [0, 0.05) is 27.2 Å². The second-order valence-corrected chi connectivity index (χ2v) is 13.2. The molecule has 0 bridgehead atoms. The lowest BCUT2D eigenvalue weighted by Gasteiger charge is -2.24. The summed E-state index contributed by atoms with van der Waals surface area (Å²) >= 11 is 0. The Balaban J connectivity index is 2.01. The summed E-state index contributed by atoms with van der Waals surface area (Å²) in [6.07, 6.45) is -0.309. The van der Waals surface area contributed by atoms with Crippen LogP contribution in [0.15, 0.2) is 57.2 Å². The molecule has 3 rings (SSSR count). The molecule has 190 valence electrons. The van der Waals surface area contributed by atoms with E-state index in [1.54, 1.807) is 26.8 Å². The maximum Gasteiger partial charge on any atom is 0.407 e. The Hall–Kier alpha value is -2.96. The van der Waals surface area contributed by atoms with Crippen molar-refractivity contribution in [1.29, 1.82) is 0 Å².